The second-order valence-electron chi connectivity index (χ2n) is 7.89. The number of carbonyl (C=O) groups excluding carboxylic acids is 3. The van der Waals surface area contributed by atoms with E-state index in [2.05, 4.69) is 0 Å². The smallest absolute Gasteiger partial charge is 0.255 e. The maximum absolute atomic E-state index is 12.9. The third-order valence-corrected chi connectivity index (χ3v) is 6.07. The number of fused-ring (bicyclic) bond motifs is 2. The number of amides is 1. The normalized spacial score (nSPS) is 18.9. The average Bonchev–Trinajstić information content (AvgIpc) is 3.24. The van der Waals surface area contributed by atoms with Crippen molar-refractivity contribution in [3.63, 3.8) is 0 Å². The number of nitrogens with zero attached hydrogens (tertiary/aromatic N) is 1. The van der Waals surface area contributed by atoms with Crippen molar-refractivity contribution in [2.24, 2.45) is 0 Å². The molecule has 0 spiro atoms. The number of Topliss-reactive ketones (excluding diaryl/α,β-unsaturated/α-hetero) is 2. The molecule has 6 heteroatoms. The van der Waals surface area contributed by atoms with E-state index in [1.165, 1.54) is 0 Å². The van der Waals surface area contributed by atoms with Crippen LogP contribution in [-0.4, -0.2) is 28.4 Å². The first-order chi connectivity index (χ1) is 14.5. The zero-order valence-corrected chi connectivity index (χ0v) is 16.6. The summed E-state index contributed by atoms with van der Waals surface area (Å²) in [4.78, 5) is 38.4. The standard InChI is InChI=1S/C24H21NO5/c1-14-16-5-2-3-7-22(16)30-23(14)13-29-21-8-4-6-17-18(21)12-25(24(17)28)19-10-9-15(26)11-20(19)27/h2-8,19H,9-13H2,1H3. The van der Waals surface area contributed by atoms with E-state index < -0.39 is 6.04 Å². The SMILES string of the molecule is Cc1c(COc2cccc3c2CN(C2CCC(=O)CC2=O)C3=O)oc2ccccc12. The Balaban J connectivity index is 1.38. The lowest BCUT2D eigenvalue weighted by atomic mass is 9.92. The number of rotatable bonds is 4. The highest BCUT2D eigenvalue weighted by Gasteiger charge is 2.40. The number of carbonyl (C=O) groups is 3. The van der Waals surface area contributed by atoms with Crippen LogP contribution in [0.3, 0.4) is 0 Å². The van der Waals surface area contributed by atoms with E-state index in [4.69, 9.17) is 9.15 Å². The van der Waals surface area contributed by atoms with Crippen LogP contribution in [0.5, 0.6) is 5.75 Å². The van der Waals surface area contributed by atoms with Gasteiger partial charge in [-0.15, -0.1) is 0 Å². The summed E-state index contributed by atoms with van der Waals surface area (Å²) in [6.45, 7) is 2.57. The lowest BCUT2D eigenvalue weighted by Crippen LogP contribution is -2.44. The fourth-order valence-electron chi connectivity index (χ4n) is 4.41. The van der Waals surface area contributed by atoms with E-state index in [1.54, 1.807) is 17.0 Å². The molecule has 1 aromatic heterocycles. The van der Waals surface area contributed by atoms with Gasteiger partial charge in [0.05, 0.1) is 19.0 Å². The van der Waals surface area contributed by atoms with Crippen LogP contribution in [0.4, 0.5) is 0 Å². The molecule has 1 saturated carbocycles. The maximum atomic E-state index is 12.9. The molecule has 1 fully saturated rings. The molecule has 1 unspecified atom stereocenters. The summed E-state index contributed by atoms with van der Waals surface area (Å²) in [6, 6.07) is 12.7. The minimum Gasteiger partial charge on any atom is -0.485 e. The number of ether oxygens (including phenoxy) is 1. The Labute approximate surface area is 173 Å². The van der Waals surface area contributed by atoms with Gasteiger partial charge in [-0.1, -0.05) is 24.3 Å². The van der Waals surface area contributed by atoms with Gasteiger partial charge in [0, 0.05) is 28.5 Å². The highest BCUT2D eigenvalue weighted by Crippen LogP contribution is 2.35. The summed E-state index contributed by atoms with van der Waals surface area (Å²) in [5.74, 6) is 0.958. The number of hydrogen-bond donors (Lipinski definition) is 0. The van der Waals surface area contributed by atoms with Gasteiger partial charge in [0.15, 0.2) is 5.78 Å². The van der Waals surface area contributed by atoms with Crippen molar-refractivity contribution in [2.45, 2.75) is 45.4 Å². The Kier molecular flexibility index (Phi) is 4.42. The number of furan rings is 1. The van der Waals surface area contributed by atoms with Crippen LogP contribution in [0.15, 0.2) is 46.9 Å². The van der Waals surface area contributed by atoms with Gasteiger partial charge in [0.2, 0.25) is 0 Å². The molecule has 2 aromatic carbocycles. The molecule has 1 atom stereocenters. The molecule has 5 rings (SSSR count). The Morgan fingerprint density at radius 2 is 1.93 bits per heavy atom. The van der Waals surface area contributed by atoms with E-state index in [9.17, 15) is 14.4 Å². The maximum Gasteiger partial charge on any atom is 0.255 e. The number of aryl methyl sites for hydroxylation is 1. The lowest BCUT2D eigenvalue weighted by Gasteiger charge is -2.29. The molecule has 0 bridgehead atoms. The Morgan fingerprint density at radius 1 is 1.10 bits per heavy atom. The quantitative estimate of drug-likeness (QED) is 0.616. The summed E-state index contributed by atoms with van der Waals surface area (Å²) < 4.78 is 12.0. The molecule has 0 N–H and O–H groups in total. The Bertz CT molecular complexity index is 1190. The minimum absolute atomic E-state index is 0.0503. The number of ketones is 2. The van der Waals surface area contributed by atoms with E-state index >= 15 is 0 Å². The highest BCUT2D eigenvalue weighted by atomic mass is 16.5. The fourth-order valence-corrected chi connectivity index (χ4v) is 4.41. The molecule has 2 aliphatic rings. The number of para-hydroxylation sites is 1. The molecule has 0 radical (unpaired) electrons. The van der Waals surface area contributed by atoms with Gasteiger partial charge in [-0.05, 0) is 31.5 Å². The van der Waals surface area contributed by atoms with Crippen LogP contribution < -0.4 is 4.74 Å². The first-order valence-corrected chi connectivity index (χ1v) is 10.1. The van der Waals surface area contributed by atoms with Crippen LogP contribution in [0, 0.1) is 6.92 Å². The molecular weight excluding hydrogens is 382 g/mol. The fraction of sp³-hybridized carbons (Fsp3) is 0.292. The molecular formula is C24H21NO5. The van der Waals surface area contributed by atoms with Crippen molar-refractivity contribution in [3.05, 3.63) is 64.9 Å². The second kappa shape index (κ2) is 7.13. The van der Waals surface area contributed by atoms with Crippen LogP contribution in [0.25, 0.3) is 11.0 Å². The summed E-state index contributed by atoms with van der Waals surface area (Å²) in [7, 11) is 0. The Hall–Kier alpha value is -3.41. The molecule has 152 valence electrons. The predicted octanol–water partition coefficient (Wildman–Crippen LogP) is 3.97. The zero-order chi connectivity index (χ0) is 20.8. The predicted molar refractivity (Wildman–Crippen MR) is 109 cm³/mol. The molecule has 1 amide bonds. The third kappa shape index (κ3) is 3.00. The number of benzene rings is 2. The van der Waals surface area contributed by atoms with Gasteiger partial charge in [0.25, 0.3) is 5.91 Å². The van der Waals surface area contributed by atoms with Crippen molar-refractivity contribution in [3.8, 4) is 5.75 Å². The molecule has 30 heavy (non-hydrogen) atoms. The minimum atomic E-state index is -0.534. The first-order valence-electron chi connectivity index (χ1n) is 10.1. The summed E-state index contributed by atoms with van der Waals surface area (Å²) in [5.41, 5.74) is 3.19. The molecule has 2 heterocycles. The number of hydrogen-bond acceptors (Lipinski definition) is 5. The van der Waals surface area contributed by atoms with Crippen LogP contribution in [0.1, 0.15) is 46.5 Å². The van der Waals surface area contributed by atoms with Crippen LogP contribution >= 0.6 is 0 Å². The van der Waals surface area contributed by atoms with Crippen molar-refractivity contribution in [1.82, 2.24) is 4.90 Å². The molecule has 6 nitrogen and oxygen atoms in total. The van der Waals surface area contributed by atoms with Gasteiger partial charge < -0.3 is 14.1 Å². The van der Waals surface area contributed by atoms with Crippen LogP contribution in [0.2, 0.25) is 0 Å². The third-order valence-electron chi connectivity index (χ3n) is 6.07. The highest BCUT2D eigenvalue weighted by molar-refractivity contribution is 6.07. The monoisotopic (exact) mass is 403 g/mol. The van der Waals surface area contributed by atoms with E-state index in [-0.39, 0.29) is 30.5 Å². The average molecular weight is 403 g/mol. The van der Waals surface area contributed by atoms with Gasteiger partial charge in [0.1, 0.15) is 29.5 Å². The van der Waals surface area contributed by atoms with E-state index in [0.29, 0.717) is 30.7 Å². The van der Waals surface area contributed by atoms with Crippen molar-refractivity contribution in [2.75, 3.05) is 0 Å². The van der Waals surface area contributed by atoms with Crippen molar-refractivity contribution in [1.29, 1.82) is 0 Å². The van der Waals surface area contributed by atoms with E-state index in [0.717, 1.165) is 27.9 Å². The lowest BCUT2D eigenvalue weighted by molar-refractivity contribution is -0.133. The topological polar surface area (TPSA) is 76.8 Å². The molecule has 1 aliphatic heterocycles. The van der Waals surface area contributed by atoms with Gasteiger partial charge in [-0.25, -0.2) is 0 Å². The van der Waals surface area contributed by atoms with Gasteiger partial charge in [-0.3, -0.25) is 14.4 Å². The molecule has 0 saturated heterocycles. The van der Waals surface area contributed by atoms with Crippen molar-refractivity contribution >= 4 is 28.4 Å². The van der Waals surface area contributed by atoms with Crippen molar-refractivity contribution < 1.29 is 23.5 Å². The molecule has 1 aliphatic carbocycles. The van der Waals surface area contributed by atoms with Gasteiger partial charge >= 0.3 is 0 Å². The summed E-state index contributed by atoms with van der Waals surface area (Å²) in [6.07, 6.45) is 0.649. The first kappa shape index (κ1) is 18.6. The summed E-state index contributed by atoms with van der Waals surface area (Å²) >= 11 is 0. The Morgan fingerprint density at radius 3 is 2.73 bits per heavy atom. The summed E-state index contributed by atoms with van der Waals surface area (Å²) in [5, 5.41) is 1.06. The van der Waals surface area contributed by atoms with Crippen LogP contribution in [-0.2, 0) is 22.7 Å². The van der Waals surface area contributed by atoms with E-state index in [1.807, 2.05) is 37.3 Å². The largest absolute Gasteiger partial charge is 0.485 e. The van der Waals surface area contributed by atoms with Gasteiger partial charge in [-0.2, -0.15) is 0 Å². The second-order valence-corrected chi connectivity index (χ2v) is 7.89. The molecule has 3 aromatic rings. The zero-order valence-electron chi connectivity index (χ0n) is 16.6.